The van der Waals surface area contributed by atoms with Gasteiger partial charge < -0.3 is 14.5 Å². The Kier molecular flexibility index (Phi) is 7.43. The van der Waals surface area contributed by atoms with E-state index in [9.17, 15) is 9.59 Å². The number of thiophene rings is 1. The minimum Gasteiger partial charge on any atom is -0.462 e. The van der Waals surface area contributed by atoms with Crippen LogP contribution in [-0.4, -0.2) is 34.4 Å². The number of halogens is 1. The lowest BCUT2D eigenvalue weighted by Gasteiger charge is -2.08. The second-order valence-electron chi connectivity index (χ2n) is 6.66. The highest BCUT2D eigenvalue weighted by Crippen LogP contribution is 2.36. The van der Waals surface area contributed by atoms with Crippen LogP contribution >= 0.6 is 34.7 Å². The minimum absolute atomic E-state index is 0.0308. The Morgan fingerprint density at radius 3 is 2.58 bits per heavy atom. The van der Waals surface area contributed by atoms with Crippen molar-refractivity contribution in [1.29, 1.82) is 0 Å². The number of carbonyl (C=O) groups is 2. The number of hydrogen-bond donors (Lipinski definition) is 1. The Balaban J connectivity index is 1.45. The van der Waals surface area contributed by atoms with Crippen molar-refractivity contribution in [2.75, 3.05) is 17.7 Å². The molecular weight excluding hydrogens is 482 g/mol. The fourth-order valence-corrected chi connectivity index (χ4v) is 4.62. The molecule has 0 spiro atoms. The number of carbonyl (C=O) groups excluding carboxylic acids is 2. The molecule has 10 heteroatoms. The normalized spacial score (nSPS) is 10.7. The first-order chi connectivity index (χ1) is 16.0. The molecule has 4 aromatic rings. The summed E-state index contributed by atoms with van der Waals surface area (Å²) in [7, 11) is 0. The van der Waals surface area contributed by atoms with Crippen LogP contribution in [0.5, 0.6) is 0 Å². The van der Waals surface area contributed by atoms with Gasteiger partial charge in [-0.2, -0.15) is 0 Å². The first kappa shape index (κ1) is 23.0. The van der Waals surface area contributed by atoms with Crippen LogP contribution in [0.25, 0.3) is 22.6 Å². The molecule has 2 heterocycles. The van der Waals surface area contributed by atoms with E-state index in [4.69, 9.17) is 20.8 Å². The van der Waals surface area contributed by atoms with Gasteiger partial charge in [-0.05, 0) is 36.8 Å². The summed E-state index contributed by atoms with van der Waals surface area (Å²) in [6.07, 6.45) is 0. The fraction of sp³-hybridized carbons (Fsp3) is 0.130. The number of rotatable bonds is 8. The highest BCUT2D eigenvalue weighted by atomic mass is 35.5. The monoisotopic (exact) mass is 499 g/mol. The molecular formula is C23H18ClN3O4S2. The molecule has 0 unspecified atom stereocenters. The molecule has 4 rings (SSSR count). The van der Waals surface area contributed by atoms with Gasteiger partial charge in [0.1, 0.15) is 10.6 Å². The van der Waals surface area contributed by atoms with Gasteiger partial charge in [-0.3, -0.25) is 4.79 Å². The molecule has 33 heavy (non-hydrogen) atoms. The van der Waals surface area contributed by atoms with Crippen LogP contribution in [0.4, 0.5) is 5.00 Å². The number of esters is 1. The Labute approximate surface area is 203 Å². The summed E-state index contributed by atoms with van der Waals surface area (Å²) in [5.74, 6) is -0.420. The van der Waals surface area contributed by atoms with Gasteiger partial charge >= 0.3 is 5.97 Å². The van der Waals surface area contributed by atoms with Gasteiger partial charge in [-0.15, -0.1) is 21.5 Å². The molecule has 0 saturated carbocycles. The number of benzene rings is 2. The largest absolute Gasteiger partial charge is 0.462 e. The van der Waals surface area contributed by atoms with Crippen molar-refractivity contribution in [1.82, 2.24) is 10.2 Å². The van der Waals surface area contributed by atoms with Crippen LogP contribution in [0, 0.1) is 0 Å². The molecule has 0 aliphatic rings. The predicted molar refractivity (Wildman–Crippen MR) is 130 cm³/mol. The second-order valence-corrected chi connectivity index (χ2v) is 8.90. The molecule has 0 fully saturated rings. The van der Waals surface area contributed by atoms with E-state index in [1.165, 1.54) is 11.3 Å². The summed E-state index contributed by atoms with van der Waals surface area (Å²) in [6.45, 7) is 1.98. The summed E-state index contributed by atoms with van der Waals surface area (Å²) in [4.78, 5) is 25.2. The fourth-order valence-electron chi connectivity index (χ4n) is 2.95. The first-order valence-electron chi connectivity index (χ1n) is 9.91. The van der Waals surface area contributed by atoms with E-state index < -0.39 is 5.97 Å². The first-order valence-corrected chi connectivity index (χ1v) is 12.2. The summed E-state index contributed by atoms with van der Waals surface area (Å²) >= 11 is 8.27. The van der Waals surface area contributed by atoms with E-state index in [1.54, 1.807) is 31.2 Å². The van der Waals surface area contributed by atoms with Crippen LogP contribution in [0.3, 0.4) is 0 Å². The van der Waals surface area contributed by atoms with Crippen LogP contribution in [-0.2, 0) is 9.53 Å². The van der Waals surface area contributed by atoms with Crippen LogP contribution in [0.2, 0.25) is 5.02 Å². The maximum Gasteiger partial charge on any atom is 0.341 e. The Morgan fingerprint density at radius 2 is 1.85 bits per heavy atom. The third-order valence-corrected chi connectivity index (χ3v) is 6.40. The molecule has 2 aromatic carbocycles. The maximum absolute atomic E-state index is 12.6. The quantitative estimate of drug-likeness (QED) is 0.234. The van der Waals surface area contributed by atoms with Gasteiger partial charge in [0.05, 0.1) is 12.4 Å². The molecule has 1 amide bonds. The summed E-state index contributed by atoms with van der Waals surface area (Å²) in [5, 5.41) is 13.9. The standard InChI is InChI=1S/C23H18ClN3O4S2/c1-2-30-22(29)19-17(14-6-4-3-5-7-14)12-32-21(19)25-18(28)13-33-23-27-26-20(31-23)15-8-10-16(24)11-9-15/h3-12H,2,13H2,1H3,(H,25,28). The van der Waals surface area contributed by atoms with Gasteiger partial charge in [-0.1, -0.05) is 53.7 Å². The Hall–Kier alpha value is -3.14. The topological polar surface area (TPSA) is 94.3 Å². The van der Waals surface area contributed by atoms with E-state index in [1.807, 2.05) is 35.7 Å². The number of amides is 1. The van der Waals surface area contributed by atoms with Crippen molar-refractivity contribution in [3.63, 3.8) is 0 Å². The molecule has 0 bridgehead atoms. The molecule has 0 aliphatic carbocycles. The molecule has 0 atom stereocenters. The molecule has 1 N–H and O–H groups in total. The minimum atomic E-state index is -0.481. The third-order valence-electron chi connectivity index (χ3n) is 4.43. The zero-order valence-electron chi connectivity index (χ0n) is 17.4. The van der Waals surface area contributed by atoms with E-state index in [0.29, 0.717) is 27.0 Å². The van der Waals surface area contributed by atoms with E-state index in [-0.39, 0.29) is 23.5 Å². The van der Waals surface area contributed by atoms with Crippen LogP contribution in [0.1, 0.15) is 17.3 Å². The highest BCUT2D eigenvalue weighted by Gasteiger charge is 2.23. The lowest BCUT2D eigenvalue weighted by molar-refractivity contribution is -0.113. The molecule has 168 valence electrons. The Bertz CT molecular complexity index is 1260. The lowest BCUT2D eigenvalue weighted by atomic mass is 10.0. The number of hydrogen-bond acceptors (Lipinski definition) is 8. The summed E-state index contributed by atoms with van der Waals surface area (Å²) in [5.41, 5.74) is 2.65. The van der Waals surface area contributed by atoms with Crippen molar-refractivity contribution in [3.05, 3.63) is 70.6 Å². The number of anilines is 1. The summed E-state index contributed by atoms with van der Waals surface area (Å²) < 4.78 is 10.8. The lowest BCUT2D eigenvalue weighted by Crippen LogP contribution is -2.16. The van der Waals surface area contributed by atoms with Crippen molar-refractivity contribution in [3.8, 4) is 22.6 Å². The third kappa shape index (κ3) is 5.62. The van der Waals surface area contributed by atoms with Crippen molar-refractivity contribution in [2.45, 2.75) is 12.1 Å². The van der Waals surface area contributed by atoms with Crippen LogP contribution < -0.4 is 5.32 Å². The SMILES string of the molecule is CCOC(=O)c1c(-c2ccccc2)csc1NC(=O)CSc1nnc(-c2ccc(Cl)cc2)o1. The number of ether oxygens (including phenoxy) is 1. The number of aromatic nitrogens is 2. The van der Waals surface area contributed by atoms with E-state index in [0.717, 1.165) is 22.9 Å². The molecule has 0 saturated heterocycles. The van der Waals surface area contributed by atoms with Crippen molar-refractivity contribution >= 4 is 51.6 Å². The Morgan fingerprint density at radius 1 is 1.09 bits per heavy atom. The zero-order valence-corrected chi connectivity index (χ0v) is 19.8. The van der Waals surface area contributed by atoms with Gasteiger partial charge in [0, 0.05) is 21.5 Å². The zero-order chi connectivity index (χ0) is 23.2. The van der Waals surface area contributed by atoms with Gasteiger partial charge in [0.25, 0.3) is 5.22 Å². The van der Waals surface area contributed by atoms with Crippen LogP contribution in [0.15, 0.2) is 69.6 Å². The van der Waals surface area contributed by atoms with E-state index in [2.05, 4.69) is 15.5 Å². The molecule has 0 radical (unpaired) electrons. The van der Waals surface area contributed by atoms with Crippen molar-refractivity contribution < 1.29 is 18.7 Å². The second kappa shape index (κ2) is 10.7. The maximum atomic E-state index is 12.6. The summed E-state index contributed by atoms with van der Waals surface area (Å²) in [6, 6.07) is 16.5. The smallest absolute Gasteiger partial charge is 0.341 e. The van der Waals surface area contributed by atoms with Gasteiger partial charge in [-0.25, -0.2) is 4.79 Å². The number of thioether (sulfide) groups is 1. The molecule has 2 aromatic heterocycles. The molecule has 7 nitrogen and oxygen atoms in total. The van der Waals surface area contributed by atoms with Crippen molar-refractivity contribution in [2.24, 2.45) is 0 Å². The highest BCUT2D eigenvalue weighted by molar-refractivity contribution is 7.99. The number of nitrogens with zero attached hydrogens (tertiary/aromatic N) is 2. The average Bonchev–Trinajstić information content (AvgIpc) is 3.46. The number of nitrogens with one attached hydrogen (secondary N) is 1. The molecule has 0 aliphatic heterocycles. The predicted octanol–water partition coefficient (Wildman–Crippen LogP) is 6.03. The van der Waals surface area contributed by atoms with E-state index >= 15 is 0 Å². The van der Waals surface area contributed by atoms with Gasteiger partial charge in [0.2, 0.25) is 11.8 Å². The average molecular weight is 500 g/mol. The van der Waals surface area contributed by atoms with Gasteiger partial charge in [0.15, 0.2) is 0 Å².